The number of ether oxygens (including phenoxy) is 1. The molecule has 1 aliphatic carbocycles. The number of methoxy groups -OCH3 is 1. The molecule has 0 atom stereocenters. The average molecular weight is 377 g/mol. The fourth-order valence-corrected chi connectivity index (χ4v) is 4.35. The van der Waals surface area contributed by atoms with Gasteiger partial charge in [-0.15, -0.1) is 0 Å². The van der Waals surface area contributed by atoms with E-state index in [0.29, 0.717) is 18.6 Å². The molecule has 1 saturated carbocycles. The third-order valence-electron chi connectivity index (χ3n) is 5.60. The van der Waals surface area contributed by atoms with Gasteiger partial charge in [-0.05, 0) is 81.3 Å². The molecule has 0 bridgehead atoms. The summed E-state index contributed by atoms with van der Waals surface area (Å²) >= 11 is 6.21. The minimum Gasteiger partial charge on any atom is -0.496 e. The molecule has 1 aliphatic heterocycles. The van der Waals surface area contributed by atoms with Gasteiger partial charge in [-0.3, -0.25) is 0 Å². The Morgan fingerprint density at radius 3 is 2.62 bits per heavy atom. The van der Waals surface area contributed by atoms with E-state index >= 15 is 0 Å². The zero-order valence-corrected chi connectivity index (χ0v) is 16.4. The number of piperidine rings is 1. The largest absolute Gasteiger partial charge is 0.496 e. The maximum atomic E-state index is 6.21. The van der Waals surface area contributed by atoms with E-state index in [2.05, 4.69) is 22.7 Å². The minimum absolute atomic E-state index is 0.493. The second-order valence-corrected chi connectivity index (χ2v) is 7.61. The second kappa shape index (κ2) is 9.43. The predicted octanol–water partition coefficient (Wildman–Crippen LogP) is 5.03. The number of oxime groups is 1. The van der Waals surface area contributed by atoms with Crippen molar-refractivity contribution in [3.8, 4) is 5.75 Å². The van der Waals surface area contributed by atoms with Crippen LogP contribution in [-0.4, -0.2) is 43.5 Å². The van der Waals surface area contributed by atoms with Gasteiger partial charge in [-0.2, -0.15) is 0 Å². The Balaban J connectivity index is 1.51. The number of benzene rings is 1. The number of nitrogens with zero attached hydrogens (tertiary/aromatic N) is 2. The Morgan fingerprint density at radius 1 is 1.23 bits per heavy atom. The first-order chi connectivity index (χ1) is 12.7. The number of rotatable bonds is 6. The molecule has 1 aromatic rings. The molecule has 1 aromatic carbocycles. The van der Waals surface area contributed by atoms with Crippen molar-refractivity contribution in [3.05, 3.63) is 41.4 Å². The summed E-state index contributed by atoms with van der Waals surface area (Å²) in [4.78, 5) is 7.89. The van der Waals surface area contributed by atoms with Crippen LogP contribution in [0.15, 0.2) is 36.0 Å². The lowest BCUT2D eigenvalue weighted by molar-refractivity contribution is 0.132. The maximum Gasteiger partial charge on any atom is 0.135 e. The van der Waals surface area contributed by atoms with Crippen LogP contribution in [0.5, 0.6) is 5.75 Å². The molecular formula is C21H29ClN2O2. The standard InChI is InChI=1S/C21H29ClN2O2/c1-3-14-26-23-18-5-7-19(8-6-18)24-12-10-16(11-13-24)20-15-17(22)4-9-21(20)25-2/h3-4,9,15-16,19H,1,5-8,10-14H2,2H3. The summed E-state index contributed by atoms with van der Waals surface area (Å²) in [5.41, 5.74) is 2.46. The highest BCUT2D eigenvalue weighted by atomic mass is 35.5. The van der Waals surface area contributed by atoms with Crippen LogP contribution in [-0.2, 0) is 4.84 Å². The van der Waals surface area contributed by atoms with E-state index in [4.69, 9.17) is 21.2 Å². The van der Waals surface area contributed by atoms with E-state index in [1.54, 1.807) is 13.2 Å². The molecule has 0 spiro atoms. The molecule has 0 amide bonds. The molecular weight excluding hydrogens is 348 g/mol. The van der Waals surface area contributed by atoms with Crippen molar-refractivity contribution < 1.29 is 9.57 Å². The van der Waals surface area contributed by atoms with Gasteiger partial charge >= 0.3 is 0 Å². The van der Waals surface area contributed by atoms with Crippen LogP contribution in [0.1, 0.15) is 50.0 Å². The fourth-order valence-electron chi connectivity index (χ4n) is 4.17. The van der Waals surface area contributed by atoms with Crippen LogP contribution in [0.2, 0.25) is 5.02 Å². The van der Waals surface area contributed by atoms with Gasteiger partial charge in [0.2, 0.25) is 0 Å². The van der Waals surface area contributed by atoms with Crippen LogP contribution in [0.3, 0.4) is 0 Å². The highest BCUT2D eigenvalue weighted by Gasteiger charge is 2.29. The minimum atomic E-state index is 0.493. The van der Waals surface area contributed by atoms with Gasteiger partial charge in [-0.1, -0.05) is 29.4 Å². The third-order valence-corrected chi connectivity index (χ3v) is 5.83. The monoisotopic (exact) mass is 376 g/mol. The Labute approximate surface area is 161 Å². The summed E-state index contributed by atoms with van der Waals surface area (Å²) in [5, 5.41) is 5.02. The van der Waals surface area contributed by atoms with Crippen LogP contribution >= 0.6 is 11.6 Å². The van der Waals surface area contributed by atoms with Crippen molar-refractivity contribution in [3.63, 3.8) is 0 Å². The first-order valence-electron chi connectivity index (χ1n) is 9.57. The molecule has 0 N–H and O–H groups in total. The van der Waals surface area contributed by atoms with Crippen LogP contribution in [0.4, 0.5) is 0 Å². The van der Waals surface area contributed by atoms with Gasteiger partial charge in [-0.25, -0.2) is 0 Å². The molecule has 142 valence electrons. The maximum absolute atomic E-state index is 6.21. The Hall–Kier alpha value is -1.52. The third kappa shape index (κ3) is 4.80. The molecule has 3 rings (SSSR count). The van der Waals surface area contributed by atoms with Gasteiger partial charge in [0.25, 0.3) is 0 Å². The molecule has 0 radical (unpaired) electrons. The summed E-state index contributed by atoms with van der Waals surface area (Å²) in [6.45, 7) is 6.42. The fraction of sp³-hybridized carbons (Fsp3) is 0.571. The average Bonchev–Trinajstić information content (AvgIpc) is 2.69. The zero-order valence-electron chi connectivity index (χ0n) is 15.6. The summed E-state index contributed by atoms with van der Waals surface area (Å²) < 4.78 is 5.55. The summed E-state index contributed by atoms with van der Waals surface area (Å²) in [6, 6.07) is 6.64. The highest BCUT2D eigenvalue weighted by molar-refractivity contribution is 6.30. The number of likely N-dealkylation sites (tertiary alicyclic amines) is 1. The molecule has 2 fully saturated rings. The molecule has 4 nitrogen and oxygen atoms in total. The quantitative estimate of drug-likeness (QED) is 0.396. The van der Waals surface area contributed by atoms with Crippen LogP contribution < -0.4 is 4.74 Å². The van der Waals surface area contributed by atoms with E-state index in [1.807, 2.05) is 12.1 Å². The first kappa shape index (κ1) is 19.2. The lowest BCUT2D eigenvalue weighted by Crippen LogP contribution is -2.42. The summed E-state index contributed by atoms with van der Waals surface area (Å²) in [6.07, 6.45) is 8.51. The molecule has 0 aromatic heterocycles. The van der Waals surface area contributed by atoms with Gasteiger partial charge in [0.05, 0.1) is 12.8 Å². The smallest absolute Gasteiger partial charge is 0.135 e. The van der Waals surface area contributed by atoms with Crippen molar-refractivity contribution in [2.75, 3.05) is 26.8 Å². The van der Waals surface area contributed by atoms with E-state index in [-0.39, 0.29) is 0 Å². The second-order valence-electron chi connectivity index (χ2n) is 7.17. The molecule has 1 heterocycles. The van der Waals surface area contributed by atoms with E-state index < -0.39 is 0 Å². The van der Waals surface area contributed by atoms with Gasteiger partial charge in [0.15, 0.2) is 0 Å². The lowest BCUT2D eigenvalue weighted by Gasteiger charge is -2.39. The van der Waals surface area contributed by atoms with Crippen molar-refractivity contribution in [2.24, 2.45) is 5.16 Å². The molecule has 0 unspecified atom stereocenters. The Bertz CT molecular complexity index is 629. The molecule has 1 saturated heterocycles. The van der Waals surface area contributed by atoms with E-state index in [1.165, 1.54) is 24.1 Å². The predicted molar refractivity (Wildman–Crippen MR) is 107 cm³/mol. The van der Waals surface area contributed by atoms with Gasteiger partial charge in [0, 0.05) is 11.1 Å². The summed E-state index contributed by atoms with van der Waals surface area (Å²) in [5.74, 6) is 1.50. The van der Waals surface area contributed by atoms with Crippen molar-refractivity contribution in [1.82, 2.24) is 4.90 Å². The number of hydrogen-bond donors (Lipinski definition) is 0. The Kier molecular flexibility index (Phi) is 6.98. The number of halogens is 1. The zero-order chi connectivity index (χ0) is 18.4. The first-order valence-corrected chi connectivity index (χ1v) is 9.95. The normalized spacial score (nSPS) is 22.1. The van der Waals surface area contributed by atoms with Crippen LogP contribution in [0.25, 0.3) is 0 Å². The molecule has 2 aliphatic rings. The van der Waals surface area contributed by atoms with Crippen molar-refractivity contribution in [1.29, 1.82) is 0 Å². The Morgan fingerprint density at radius 2 is 1.96 bits per heavy atom. The number of hydrogen-bond acceptors (Lipinski definition) is 4. The van der Waals surface area contributed by atoms with Crippen molar-refractivity contribution >= 4 is 17.3 Å². The topological polar surface area (TPSA) is 34.1 Å². The molecule has 5 heteroatoms. The molecule has 26 heavy (non-hydrogen) atoms. The highest BCUT2D eigenvalue weighted by Crippen LogP contribution is 2.37. The van der Waals surface area contributed by atoms with E-state index in [0.717, 1.165) is 49.5 Å². The van der Waals surface area contributed by atoms with E-state index in [9.17, 15) is 0 Å². The SMILES string of the molecule is C=CCON=C1CCC(N2CCC(c3cc(Cl)ccc3OC)CC2)CC1. The van der Waals surface area contributed by atoms with Gasteiger partial charge < -0.3 is 14.5 Å². The van der Waals surface area contributed by atoms with Crippen molar-refractivity contribution in [2.45, 2.75) is 50.5 Å². The lowest BCUT2D eigenvalue weighted by atomic mass is 9.86. The summed E-state index contributed by atoms with van der Waals surface area (Å²) in [7, 11) is 1.74. The van der Waals surface area contributed by atoms with Gasteiger partial charge in [0.1, 0.15) is 12.4 Å². The van der Waals surface area contributed by atoms with Crippen LogP contribution in [0, 0.1) is 0 Å².